The summed E-state index contributed by atoms with van der Waals surface area (Å²) in [5.74, 6) is 0.819. The van der Waals surface area contributed by atoms with Crippen LogP contribution in [0.15, 0.2) is 52.5 Å². The van der Waals surface area contributed by atoms with E-state index < -0.39 is 0 Å². The molecule has 3 heterocycles. The average Bonchev–Trinajstić information content (AvgIpc) is 3.35. The van der Waals surface area contributed by atoms with Gasteiger partial charge in [-0.2, -0.15) is 0 Å². The molecular weight excluding hydrogens is 360 g/mol. The lowest BCUT2D eigenvalue weighted by molar-refractivity contribution is 0.142. The maximum absolute atomic E-state index is 12.5. The van der Waals surface area contributed by atoms with Crippen molar-refractivity contribution in [1.29, 1.82) is 0 Å². The summed E-state index contributed by atoms with van der Waals surface area (Å²) in [4.78, 5) is 21.2. The standard InChI is InChI=1S/C20H22N4O2S/c1-15-21-18(14-27-15)13-23-8-10-24(11-9-23)20(25)22-17-6-4-16(5-7-17)19-3-2-12-26-19/h2-7,12,14H,8-11,13H2,1H3,(H,22,25). The third-order valence-corrected chi connectivity index (χ3v) is 5.48. The molecule has 3 aromatic rings. The van der Waals surface area contributed by atoms with Gasteiger partial charge < -0.3 is 14.6 Å². The van der Waals surface area contributed by atoms with Gasteiger partial charge >= 0.3 is 6.03 Å². The first-order valence-electron chi connectivity index (χ1n) is 9.00. The van der Waals surface area contributed by atoms with Crippen molar-refractivity contribution in [2.45, 2.75) is 13.5 Å². The van der Waals surface area contributed by atoms with Gasteiger partial charge in [-0.25, -0.2) is 9.78 Å². The number of nitrogens with zero attached hydrogens (tertiary/aromatic N) is 3. The highest BCUT2D eigenvalue weighted by Gasteiger charge is 2.21. The topological polar surface area (TPSA) is 61.6 Å². The second-order valence-corrected chi connectivity index (χ2v) is 7.67. The van der Waals surface area contributed by atoms with Gasteiger partial charge in [0.1, 0.15) is 5.76 Å². The summed E-state index contributed by atoms with van der Waals surface area (Å²) in [6.07, 6.45) is 1.65. The fourth-order valence-corrected chi connectivity index (χ4v) is 3.79. The number of anilines is 1. The quantitative estimate of drug-likeness (QED) is 0.739. The molecule has 6 nitrogen and oxygen atoms in total. The number of nitrogens with one attached hydrogen (secondary N) is 1. The summed E-state index contributed by atoms with van der Waals surface area (Å²) in [6.45, 7) is 6.05. The van der Waals surface area contributed by atoms with Crippen LogP contribution in [0.25, 0.3) is 11.3 Å². The molecular formula is C20H22N4O2S. The Morgan fingerprint density at radius 2 is 1.96 bits per heavy atom. The molecule has 2 aromatic heterocycles. The minimum atomic E-state index is -0.0510. The molecule has 1 N–H and O–H groups in total. The van der Waals surface area contributed by atoms with Gasteiger partial charge in [-0.05, 0) is 43.3 Å². The smallest absolute Gasteiger partial charge is 0.321 e. The second kappa shape index (κ2) is 7.94. The Bertz CT molecular complexity index is 881. The molecule has 1 aliphatic heterocycles. The second-order valence-electron chi connectivity index (χ2n) is 6.61. The van der Waals surface area contributed by atoms with E-state index in [1.54, 1.807) is 17.6 Å². The number of carbonyl (C=O) groups is 1. The van der Waals surface area contributed by atoms with Crippen LogP contribution in [0.5, 0.6) is 0 Å². The van der Waals surface area contributed by atoms with Crippen LogP contribution in [-0.2, 0) is 6.54 Å². The molecule has 2 amide bonds. The minimum Gasteiger partial charge on any atom is -0.464 e. The van der Waals surface area contributed by atoms with Crippen LogP contribution in [0.2, 0.25) is 0 Å². The molecule has 1 fully saturated rings. The highest BCUT2D eigenvalue weighted by atomic mass is 32.1. The van der Waals surface area contributed by atoms with Gasteiger partial charge in [0, 0.05) is 49.4 Å². The molecule has 0 unspecified atom stereocenters. The molecule has 4 rings (SSSR count). The molecule has 1 aromatic carbocycles. The fourth-order valence-electron chi connectivity index (χ4n) is 3.18. The van der Waals surface area contributed by atoms with Crippen LogP contribution in [0, 0.1) is 6.92 Å². The number of aryl methyl sites for hydroxylation is 1. The molecule has 27 heavy (non-hydrogen) atoms. The Kier molecular flexibility index (Phi) is 5.22. The zero-order valence-electron chi connectivity index (χ0n) is 15.2. The summed E-state index contributed by atoms with van der Waals surface area (Å²) in [6, 6.07) is 11.4. The number of rotatable bonds is 4. The van der Waals surface area contributed by atoms with E-state index in [1.807, 2.05) is 48.2 Å². The summed E-state index contributed by atoms with van der Waals surface area (Å²) >= 11 is 1.68. The zero-order valence-corrected chi connectivity index (χ0v) is 16.0. The van der Waals surface area contributed by atoms with Crippen molar-refractivity contribution in [1.82, 2.24) is 14.8 Å². The van der Waals surface area contributed by atoms with Crippen molar-refractivity contribution in [3.05, 3.63) is 58.7 Å². The van der Waals surface area contributed by atoms with Crippen LogP contribution >= 0.6 is 11.3 Å². The van der Waals surface area contributed by atoms with Gasteiger partial charge in [0.2, 0.25) is 0 Å². The first-order chi connectivity index (χ1) is 13.2. The fraction of sp³-hybridized carbons (Fsp3) is 0.300. The van der Waals surface area contributed by atoms with Crippen LogP contribution in [0.3, 0.4) is 0 Å². The maximum Gasteiger partial charge on any atom is 0.321 e. The first-order valence-corrected chi connectivity index (χ1v) is 9.88. The Labute approximate surface area is 162 Å². The Balaban J connectivity index is 1.28. The minimum absolute atomic E-state index is 0.0510. The Morgan fingerprint density at radius 1 is 1.19 bits per heavy atom. The number of aromatic nitrogens is 1. The highest BCUT2D eigenvalue weighted by molar-refractivity contribution is 7.09. The Hall–Kier alpha value is -2.64. The first kappa shape index (κ1) is 17.8. The lowest BCUT2D eigenvalue weighted by Gasteiger charge is -2.34. The molecule has 0 atom stereocenters. The number of hydrogen-bond acceptors (Lipinski definition) is 5. The number of benzene rings is 1. The number of thiazole rings is 1. The summed E-state index contributed by atoms with van der Waals surface area (Å²) < 4.78 is 5.39. The van der Waals surface area contributed by atoms with E-state index in [0.717, 1.165) is 60.4 Å². The number of furan rings is 1. The van der Waals surface area contributed by atoms with E-state index in [-0.39, 0.29) is 6.03 Å². The highest BCUT2D eigenvalue weighted by Crippen LogP contribution is 2.22. The number of hydrogen-bond donors (Lipinski definition) is 1. The number of piperazine rings is 1. The zero-order chi connectivity index (χ0) is 18.6. The molecule has 0 spiro atoms. The summed E-state index contributed by atoms with van der Waals surface area (Å²) in [5, 5.41) is 6.19. The van der Waals surface area contributed by atoms with Gasteiger partial charge in [0.25, 0.3) is 0 Å². The van der Waals surface area contributed by atoms with E-state index in [1.165, 1.54) is 0 Å². The van der Waals surface area contributed by atoms with Gasteiger partial charge in [-0.3, -0.25) is 4.90 Å². The van der Waals surface area contributed by atoms with Crippen molar-refractivity contribution in [3.8, 4) is 11.3 Å². The third kappa shape index (κ3) is 4.37. The van der Waals surface area contributed by atoms with Crippen LogP contribution < -0.4 is 5.32 Å². The predicted molar refractivity (Wildman–Crippen MR) is 107 cm³/mol. The van der Waals surface area contributed by atoms with E-state index >= 15 is 0 Å². The SMILES string of the molecule is Cc1nc(CN2CCN(C(=O)Nc3ccc(-c4ccco4)cc3)CC2)cs1. The predicted octanol–water partition coefficient (Wildman–Crippen LogP) is 4.06. The molecule has 0 aliphatic carbocycles. The third-order valence-electron chi connectivity index (χ3n) is 4.65. The van der Waals surface area contributed by atoms with Gasteiger partial charge in [0.05, 0.1) is 17.0 Å². The molecule has 1 aliphatic rings. The lowest BCUT2D eigenvalue weighted by Crippen LogP contribution is -2.49. The number of amides is 2. The van der Waals surface area contributed by atoms with Crippen LogP contribution in [-0.4, -0.2) is 47.0 Å². The molecule has 0 bridgehead atoms. The lowest BCUT2D eigenvalue weighted by atomic mass is 10.1. The van der Waals surface area contributed by atoms with Gasteiger partial charge in [-0.15, -0.1) is 11.3 Å². The summed E-state index contributed by atoms with van der Waals surface area (Å²) in [7, 11) is 0. The van der Waals surface area contributed by atoms with Gasteiger partial charge in [0.15, 0.2) is 0 Å². The molecule has 0 saturated carbocycles. The van der Waals surface area contributed by atoms with Gasteiger partial charge in [-0.1, -0.05) is 0 Å². The van der Waals surface area contributed by atoms with E-state index in [9.17, 15) is 4.79 Å². The van der Waals surface area contributed by atoms with E-state index in [4.69, 9.17) is 4.42 Å². The van der Waals surface area contributed by atoms with Crippen molar-refractivity contribution >= 4 is 23.1 Å². The largest absolute Gasteiger partial charge is 0.464 e. The Morgan fingerprint density at radius 3 is 2.59 bits per heavy atom. The molecule has 0 radical (unpaired) electrons. The van der Waals surface area contributed by atoms with Crippen LogP contribution in [0.4, 0.5) is 10.5 Å². The molecule has 140 valence electrons. The number of urea groups is 1. The van der Waals surface area contributed by atoms with E-state index in [2.05, 4.69) is 20.6 Å². The average molecular weight is 382 g/mol. The van der Waals surface area contributed by atoms with E-state index in [0.29, 0.717) is 0 Å². The molecule has 7 heteroatoms. The monoisotopic (exact) mass is 382 g/mol. The maximum atomic E-state index is 12.5. The van der Waals surface area contributed by atoms with Crippen molar-refractivity contribution in [3.63, 3.8) is 0 Å². The van der Waals surface area contributed by atoms with Crippen LogP contribution in [0.1, 0.15) is 10.7 Å². The normalized spacial score (nSPS) is 15.1. The molecule has 1 saturated heterocycles. The summed E-state index contributed by atoms with van der Waals surface area (Å²) in [5.41, 5.74) is 2.90. The van der Waals surface area contributed by atoms with Crippen molar-refractivity contribution in [2.24, 2.45) is 0 Å². The van der Waals surface area contributed by atoms with Crippen molar-refractivity contribution in [2.75, 3.05) is 31.5 Å². The number of carbonyl (C=O) groups excluding carboxylic acids is 1. The van der Waals surface area contributed by atoms with Crippen molar-refractivity contribution < 1.29 is 9.21 Å².